The maximum absolute atomic E-state index is 14.4. The Labute approximate surface area is 231 Å². The normalized spacial score (nSPS) is 15.1. The molecule has 0 fully saturated rings. The number of amides is 1. The first-order chi connectivity index (χ1) is 19.8. The van der Waals surface area contributed by atoms with Gasteiger partial charge in [0.2, 0.25) is 5.95 Å². The molecule has 1 aliphatic rings. The fourth-order valence-corrected chi connectivity index (χ4v) is 5.29. The number of imidazole rings is 1. The number of anilines is 3. The Morgan fingerprint density at radius 2 is 1.86 bits per heavy atom. The molecule has 216 valence electrons. The second kappa shape index (κ2) is 9.56. The van der Waals surface area contributed by atoms with E-state index in [2.05, 4.69) is 25.8 Å². The van der Waals surface area contributed by atoms with E-state index in [0.29, 0.717) is 17.2 Å². The van der Waals surface area contributed by atoms with E-state index in [1.165, 1.54) is 24.3 Å². The van der Waals surface area contributed by atoms with Gasteiger partial charge in [-0.05, 0) is 48.4 Å². The quantitative estimate of drug-likeness (QED) is 0.217. The topological polar surface area (TPSA) is 111 Å². The van der Waals surface area contributed by atoms with Crippen molar-refractivity contribution in [1.29, 1.82) is 0 Å². The standard InChI is InChI=1S/C27H18F7N7O/c1-10-2-3-11(28)4-13(10)22-20-17(7-18-23(21(20)25(42)38-22)39-26(35)41(18)9-19(30)31)37-24-14-5-12(29)6-16(27(32,33)34)15(14)8-36-40-24/h2-8,19,22H,9H2,1H3,(H2,35,39)(H,37,40)(H,38,42). The molecule has 0 radical (unpaired) electrons. The fraction of sp³-hybridized carbons (Fsp3) is 0.185. The first kappa shape index (κ1) is 27.2. The third-order valence-corrected chi connectivity index (χ3v) is 7.08. The molecular weight excluding hydrogens is 571 g/mol. The Kier molecular flexibility index (Phi) is 6.20. The van der Waals surface area contributed by atoms with Gasteiger partial charge in [-0.3, -0.25) is 4.79 Å². The molecule has 3 aromatic carbocycles. The van der Waals surface area contributed by atoms with Crippen LogP contribution >= 0.6 is 0 Å². The molecule has 15 heteroatoms. The van der Waals surface area contributed by atoms with Crippen LogP contribution in [0.2, 0.25) is 0 Å². The molecule has 6 rings (SSSR count). The van der Waals surface area contributed by atoms with E-state index >= 15 is 0 Å². The minimum Gasteiger partial charge on any atom is -0.369 e. The number of hydrogen-bond donors (Lipinski definition) is 3. The summed E-state index contributed by atoms with van der Waals surface area (Å²) in [4.78, 5) is 17.5. The van der Waals surface area contributed by atoms with E-state index in [9.17, 15) is 35.5 Å². The molecule has 1 aliphatic heterocycles. The van der Waals surface area contributed by atoms with Crippen molar-refractivity contribution in [2.45, 2.75) is 32.1 Å². The van der Waals surface area contributed by atoms with E-state index in [1.807, 2.05) is 0 Å². The van der Waals surface area contributed by atoms with Crippen LogP contribution in [0.5, 0.6) is 0 Å². The van der Waals surface area contributed by atoms with Crippen LogP contribution in [-0.2, 0) is 12.7 Å². The van der Waals surface area contributed by atoms with Gasteiger partial charge in [-0.1, -0.05) is 6.07 Å². The second-order valence-corrected chi connectivity index (χ2v) is 9.69. The van der Waals surface area contributed by atoms with Gasteiger partial charge in [-0.15, -0.1) is 5.10 Å². The number of nitrogen functional groups attached to an aromatic ring is 1. The average Bonchev–Trinajstić information content (AvgIpc) is 3.41. The fourth-order valence-electron chi connectivity index (χ4n) is 5.29. The number of nitrogens with one attached hydrogen (secondary N) is 2. The number of aromatic nitrogens is 4. The molecule has 0 bridgehead atoms. The van der Waals surface area contributed by atoms with Crippen LogP contribution < -0.4 is 16.4 Å². The highest BCUT2D eigenvalue weighted by atomic mass is 19.4. The molecule has 2 aromatic heterocycles. The largest absolute Gasteiger partial charge is 0.417 e. The summed E-state index contributed by atoms with van der Waals surface area (Å²) in [6.07, 6.45) is -6.94. The van der Waals surface area contributed by atoms with Crippen molar-refractivity contribution in [3.8, 4) is 0 Å². The lowest BCUT2D eigenvalue weighted by atomic mass is 9.92. The van der Waals surface area contributed by atoms with Gasteiger partial charge >= 0.3 is 6.18 Å². The summed E-state index contributed by atoms with van der Waals surface area (Å²) >= 11 is 0. The summed E-state index contributed by atoms with van der Waals surface area (Å²) in [6.45, 7) is 0.806. The maximum Gasteiger partial charge on any atom is 0.417 e. The summed E-state index contributed by atoms with van der Waals surface area (Å²) in [7, 11) is 0. The molecule has 0 aliphatic carbocycles. The molecule has 8 nitrogen and oxygen atoms in total. The van der Waals surface area contributed by atoms with Gasteiger partial charge < -0.3 is 20.9 Å². The zero-order valence-corrected chi connectivity index (χ0v) is 21.3. The number of nitrogens with two attached hydrogens (primary N) is 1. The van der Waals surface area contributed by atoms with Gasteiger partial charge in [0.15, 0.2) is 5.82 Å². The monoisotopic (exact) mass is 589 g/mol. The lowest BCUT2D eigenvalue weighted by Crippen LogP contribution is -2.21. The number of rotatable bonds is 5. The van der Waals surface area contributed by atoms with Crippen LogP contribution in [-0.4, -0.2) is 32.1 Å². The Hall–Kier alpha value is -4.95. The second-order valence-electron chi connectivity index (χ2n) is 9.69. The van der Waals surface area contributed by atoms with Crippen LogP contribution in [0.25, 0.3) is 21.8 Å². The number of carbonyl (C=O) groups excluding carboxylic acids is 1. The molecule has 0 saturated carbocycles. The third kappa shape index (κ3) is 4.40. The number of benzene rings is 3. The van der Waals surface area contributed by atoms with Gasteiger partial charge in [0.1, 0.15) is 17.2 Å². The first-order valence-electron chi connectivity index (χ1n) is 12.3. The summed E-state index contributed by atoms with van der Waals surface area (Å²) in [5.41, 5.74) is 5.69. The highest BCUT2D eigenvalue weighted by Crippen LogP contribution is 2.44. The number of aryl methyl sites for hydroxylation is 1. The number of fused-ring (bicyclic) bond motifs is 4. The van der Waals surface area contributed by atoms with Crippen molar-refractivity contribution in [1.82, 2.24) is 25.1 Å². The Bertz CT molecular complexity index is 1920. The molecule has 1 unspecified atom stereocenters. The number of hydrogen-bond acceptors (Lipinski definition) is 6. The molecule has 5 aromatic rings. The van der Waals surface area contributed by atoms with Crippen molar-refractivity contribution in [3.05, 3.63) is 82.0 Å². The Morgan fingerprint density at radius 3 is 2.57 bits per heavy atom. The van der Waals surface area contributed by atoms with Gasteiger partial charge in [-0.25, -0.2) is 22.5 Å². The molecule has 4 N–H and O–H groups in total. The smallest absolute Gasteiger partial charge is 0.369 e. The van der Waals surface area contributed by atoms with E-state index in [1.54, 1.807) is 6.92 Å². The van der Waals surface area contributed by atoms with Crippen LogP contribution in [0.15, 0.2) is 42.6 Å². The molecule has 1 atom stereocenters. The average molecular weight is 589 g/mol. The van der Waals surface area contributed by atoms with Crippen LogP contribution in [0, 0.1) is 18.6 Å². The van der Waals surface area contributed by atoms with Gasteiger partial charge in [0.25, 0.3) is 12.3 Å². The van der Waals surface area contributed by atoms with Crippen molar-refractivity contribution < 1.29 is 35.5 Å². The van der Waals surface area contributed by atoms with Crippen LogP contribution in [0.3, 0.4) is 0 Å². The number of halogens is 7. The molecule has 1 amide bonds. The van der Waals surface area contributed by atoms with E-state index in [0.717, 1.165) is 16.8 Å². The molecule has 0 spiro atoms. The minimum atomic E-state index is -4.92. The van der Waals surface area contributed by atoms with Gasteiger partial charge in [0, 0.05) is 22.0 Å². The Balaban J connectivity index is 1.64. The predicted molar refractivity (Wildman–Crippen MR) is 138 cm³/mol. The van der Waals surface area contributed by atoms with Crippen LogP contribution in [0.1, 0.15) is 38.7 Å². The van der Waals surface area contributed by atoms with E-state index in [4.69, 9.17) is 5.73 Å². The lowest BCUT2D eigenvalue weighted by molar-refractivity contribution is -0.136. The minimum absolute atomic E-state index is 0.0103. The molecule has 3 heterocycles. The summed E-state index contributed by atoms with van der Waals surface area (Å²) in [5.74, 6) is -3.11. The summed E-state index contributed by atoms with van der Waals surface area (Å²) < 4.78 is 97.7. The van der Waals surface area contributed by atoms with E-state index < -0.39 is 53.7 Å². The highest BCUT2D eigenvalue weighted by Gasteiger charge is 2.38. The summed E-state index contributed by atoms with van der Waals surface area (Å²) in [6, 6.07) is 5.41. The third-order valence-electron chi connectivity index (χ3n) is 7.08. The zero-order chi connectivity index (χ0) is 30.1. The molecule has 0 saturated heterocycles. The van der Waals surface area contributed by atoms with Crippen molar-refractivity contribution in [2.75, 3.05) is 11.1 Å². The predicted octanol–water partition coefficient (Wildman–Crippen LogP) is 6.01. The van der Waals surface area contributed by atoms with Crippen LogP contribution in [0.4, 0.5) is 48.2 Å². The van der Waals surface area contributed by atoms with Crippen molar-refractivity contribution in [2.24, 2.45) is 0 Å². The first-order valence-corrected chi connectivity index (χ1v) is 12.3. The van der Waals surface area contributed by atoms with Crippen molar-refractivity contribution in [3.63, 3.8) is 0 Å². The number of nitrogens with zero attached hydrogens (tertiary/aromatic N) is 4. The Morgan fingerprint density at radius 1 is 1.10 bits per heavy atom. The molecular formula is C27H18F7N7O. The molecule has 42 heavy (non-hydrogen) atoms. The number of carbonyl (C=O) groups is 1. The van der Waals surface area contributed by atoms with Gasteiger partial charge in [0.05, 0.1) is 35.4 Å². The summed E-state index contributed by atoms with van der Waals surface area (Å²) in [5, 5.41) is 12.3. The highest BCUT2D eigenvalue weighted by molar-refractivity contribution is 6.12. The maximum atomic E-state index is 14.4. The zero-order valence-electron chi connectivity index (χ0n) is 21.3. The van der Waals surface area contributed by atoms with E-state index in [-0.39, 0.29) is 45.0 Å². The van der Waals surface area contributed by atoms with Crippen molar-refractivity contribution >= 4 is 45.2 Å². The SMILES string of the molecule is Cc1ccc(F)cc1C1NC(=O)c2c1c(Nc1nncc3c(C(F)(F)F)cc(F)cc13)cc1c2nc(N)n1CC(F)F. The lowest BCUT2D eigenvalue weighted by Gasteiger charge is -2.20. The van der Waals surface area contributed by atoms with Gasteiger partial charge in [-0.2, -0.15) is 18.3 Å². The number of alkyl halides is 5.